The topological polar surface area (TPSA) is 114 Å². The number of methoxy groups -OCH3 is 3. The fourth-order valence-corrected chi connectivity index (χ4v) is 4.83. The number of likely N-dealkylation sites (tertiary alicyclic amines) is 1. The second kappa shape index (κ2) is 10.3. The third-order valence-electron chi connectivity index (χ3n) is 6.76. The van der Waals surface area contributed by atoms with E-state index in [4.69, 9.17) is 14.2 Å². The van der Waals surface area contributed by atoms with Crippen molar-refractivity contribution < 1.29 is 28.9 Å². The molecule has 0 aliphatic carbocycles. The lowest BCUT2D eigenvalue weighted by molar-refractivity contribution is -0.139. The third kappa shape index (κ3) is 4.32. The van der Waals surface area contributed by atoms with Gasteiger partial charge in [0.25, 0.3) is 11.7 Å². The standard InChI is InChI=1S/C29H27N3O6/c1-36-19-8-9-21-20(15-19)18(16-31-21)11-13-32-26(22-6-4-5-12-30-22)25(28(34)29(32)35)27(33)17-7-10-23(37-2)24(14-17)38-3/h4-10,12,14-16,26,31,33H,11,13H2,1-3H3/b27-25-. The number of aromatic nitrogens is 2. The van der Waals surface area contributed by atoms with Gasteiger partial charge in [-0.2, -0.15) is 0 Å². The van der Waals surface area contributed by atoms with Gasteiger partial charge >= 0.3 is 0 Å². The predicted octanol–water partition coefficient (Wildman–Crippen LogP) is 4.25. The first kappa shape index (κ1) is 24.9. The highest BCUT2D eigenvalue weighted by atomic mass is 16.5. The number of nitrogens with zero attached hydrogens (tertiary/aromatic N) is 2. The first-order valence-corrected chi connectivity index (χ1v) is 12.0. The predicted molar refractivity (Wildman–Crippen MR) is 141 cm³/mol. The molecule has 0 bridgehead atoms. The van der Waals surface area contributed by atoms with E-state index in [1.807, 2.05) is 24.4 Å². The second-order valence-electron chi connectivity index (χ2n) is 8.79. The van der Waals surface area contributed by atoms with Gasteiger partial charge < -0.3 is 29.2 Å². The molecule has 38 heavy (non-hydrogen) atoms. The number of amides is 1. The first-order valence-electron chi connectivity index (χ1n) is 12.0. The van der Waals surface area contributed by atoms with Crippen molar-refractivity contribution >= 4 is 28.4 Å². The van der Waals surface area contributed by atoms with Crippen LogP contribution >= 0.6 is 0 Å². The number of aliphatic hydroxyl groups is 1. The highest BCUT2D eigenvalue weighted by Crippen LogP contribution is 2.40. The summed E-state index contributed by atoms with van der Waals surface area (Å²) in [4.78, 5) is 35.8. The van der Waals surface area contributed by atoms with Crippen molar-refractivity contribution in [1.82, 2.24) is 14.9 Å². The molecule has 1 aliphatic heterocycles. The molecule has 1 fully saturated rings. The number of fused-ring (bicyclic) bond motifs is 1. The van der Waals surface area contributed by atoms with Crippen LogP contribution in [0.5, 0.6) is 17.2 Å². The van der Waals surface area contributed by atoms with Crippen LogP contribution in [0.1, 0.15) is 22.9 Å². The Bertz CT molecular complexity index is 1540. The average Bonchev–Trinajstić information content (AvgIpc) is 3.48. The molecule has 9 heteroatoms. The number of ketones is 1. The molecule has 0 radical (unpaired) electrons. The van der Waals surface area contributed by atoms with Crippen LogP contribution in [0.15, 0.2) is 72.6 Å². The molecular formula is C29H27N3O6. The summed E-state index contributed by atoms with van der Waals surface area (Å²) in [5.74, 6) is -0.189. The van der Waals surface area contributed by atoms with Crippen molar-refractivity contribution in [3.8, 4) is 17.2 Å². The van der Waals surface area contributed by atoms with Crippen LogP contribution in [-0.4, -0.2) is 59.5 Å². The third-order valence-corrected chi connectivity index (χ3v) is 6.76. The number of H-pyrrole nitrogens is 1. The van der Waals surface area contributed by atoms with Crippen LogP contribution in [0.2, 0.25) is 0 Å². The highest BCUT2D eigenvalue weighted by Gasteiger charge is 2.46. The van der Waals surface area contributed by atoms with Crippen molar-refractivity contribution in [2.24, 2.45) is 0 Å². The normalized spacial score (nSPS) is 16.7. The molecule has 1 unspecified atom stereocenters. The second-order valence-corrected chi connectivity index (χ2v) is 8.79. The number of hydrogen-bond acceptors (Lipinski definition) is 7. The largest absolute Gasteiger partial charge is 0.507 e. The molecule has 2 aromatic heterocycles. The van der Waals surface area contributed by atoms with Crippen molar-refractivity contribution in [3.05, 3.63) is 89.4 Å². The smallest absolute Gasteiger partial charge is 0.295 e. The summed E-state index contributed by atoms with van der Waals surface area (Å²) < 4.78 is 16.0. The lowest BCUT2D eigenvalue weighted by Crippen LogP contribution is -2.32. The van der Waals surface area contributed by atoms with Crippen molar-refractivity contribution in [2.75, 3.05) is 27.9 Å². The number of aliphatic hydroxyl groups excluding tert-OH is 1. The number of ether oxygens (including phenoxy) is 3. The summed E-state index contributed by atoms with van der Waals surface area (Å²) in [6.07, 6.45) is 3.96. The number of rotatable bonds is 8. The molecule has 0 saturated carbocycles. The Kier molecular flexibility index (Phi) is 6.74. The van der Waals surface area contributed by atoms with Gasteiger partial charge in [-0.1, -0.05) is 6.07 Å². The van der Waals surface area contributed by atoms with E-state index in [1.54, 1.807) is 49.7 Å². The summed E-state index contributed by atoms with van der Waals surface area (Å²) in [6.45, 7) is 0.235. The average molecular weight is 514 g/mol. The van der Waals surface area contributed by atoms with Crippen molar-refractivity contribution in [3.63, 3.8) is 0 Å². The zero-order chi connectivity index (χ0) is 26.8. The minimum atomic E-state index is -0.857. The van der Waals surface area contributed by atoms with E-state index >= 15 is 0 Å². The van der Waals surface area contributed by atoms with Crippen LogP contribution in [0.25, 0.3) is 16.7 Å². The van der Waals surface area contributed by atoms with Crippen LogP contribution in [-0.2, 0) is 16.0 Å². The Morgan fingerprint density at radius 3 is 2.53 bits per heavy atom. The number of pyridine rings is 1. The Hall–Kier alpha value is -4.79. The molecular weight excluding hydrogens is 486 g/mol. The fraction of sp³-hybridized carbons (Fsp3) is 0.207. The molecule has 3 heterocycles. The van der Waals surface area contributed by atoms with E-state index in [9.17, 15) is 14.7 Å². The van der Waals surface area contributed by atoms with Crippen LogP contribution in [0.4, 0.5) is 0 Å². The number of aromatic amines is 1. The number of Topliss-reactive ketones (excluding diaryl/α,β-unsaturated/α-hetero) is 1. The summed E-state index contributed by atoms with van der Waals surface area (Å²) in [7, 11) is 4.60. The van der Waals surface area contributed by atoms with E-state index in [1.165, 1.54) is 19.1 Å². The molecule has 1 amide bonds. The molecule has 1 saturated heterocycles. The minimum Gasteiger partial charge on any atom is -0.507 e. The molecule has 1 aliphatic rings. The quantitative estimate of drug-likeness (QED) is 0.206. The van der Waals surface area contributed by atoms with E-state index in [2.05, 4.69) is 9.97 Å². The van der Waals surface area contributed by atoms with Gasteiger partial charge in [-0.05, 0) is 60.5 Å². The number of carbonyl (C=O) groups is 2. The minimum absolute atomic E-state index is 0.0264. The molecule has 9 nitrogen and oxygen atoms in total. The maximum absolute atomic E-state index is 13.3. The van der Waals surface area contributed by atoms with Gasteiger partial charge in [-0.15, -0.1) is 0 Å². The monoisotopic (exact) mass is 513 g/mol. The van der Waals surface area contributed by atoms with Gasteiger partial charge in [0, 0.05) is 35.4 Å². The molecule has 2 aromatic carbocycles. The molecule has 0 spiro atoms. The van der Waals surface area contributed by atoms with Crippen LogP contribution in [0.3, 0.4) is 0 Å². The van der Waals surface area contributed by atoms with Gasteiger partial charge in [-0.25, -0.2) is 0 Å². The SMILES string of the molecule is COc1ccc2[nH]cc(CCN3C(=O)C(=O)/C(=C(\O)c4ccc(OC)c(OC)c4)C3c3ccccn3)c2c1. The molecule has 194 valence electrons. The molecule has 1 atom stereocenters. The van der Waals surface area contributed by atoms with E-state index in [-0.39, 0.29) is 17.9 Å². The van der Waals surface area contributed by atoms with E-state index in [0.717, 1.165) is 22.2 Å². The first-order chi connectivity index (χ1) is 18.5. The number of hydrogen-bond donors (Lipinski definition) is 2. The van der Waals surface area contributed by atoms with Gasteiger partial charge in [-0.3, -0.25) is 14.6 Å². The number of nitrogens with one attached hydrogen (secondary N) is 1. The summed E-state index contributed by atoms with van der Waals surface area (Å²) in [5.41, 5.74) is 2.69. The number of carbonyl (C=O) groups excluding carboxylic acids is 2. The van der Waals surface area contributed by atoms with Crippen molar-refractivity contribution in [2.45, 2.75) is 12.5 Å². The summed E-state index contributed by atoms with van der Waals surface area (Å²) in [5, 5.41) is 12.3. The van der Waals surface area contributed by atoms with Crippen LogP contribution < -0.4 is 14.2 Å². The molecule has 2 N–H and O–H groups in total. The maximum atomic E-state index is 13.3. The van der Waals surface area contributed by atoms with Gasteiger partial charge in [0.15, 0.2) is 11.5 Å². The zero-order valence-electron chi connectivity index (χ0n) is 21.2. The van der Waals surface area contributed by atoms with Crippen molar-refractivity contribution in [1.29, 1.82) is 0 Å². The zero-order valence-corrected chi connectivity index (χ0v) is 21.2. The fourth-order valence-electron chi connectivity index (χ4n) is 4.83. The van der Waals surface area contributed by atoms with Gasteiger partial charge in [0.05, 0.1) is 32.6 Å². The highest BCUT2D eigenvalue weighted by molar-refractivity contribution is 6.46. The Morgan fingerprint density at radius 2 is 1.82 bits per heavy atom. The van der Waals surface area contributed by atoms with E-state index in [0.29, 0.717) is 29.2 Å². The molecule has 5 rings (SSSR count). The Balaban J connectivity index is 1.55. The number of benzene rings is 2. The van der Waals surface area contributed by atoms with Crippen LogP contribution in [0, 0.1) is 0 Å². The Labute approximate surface area is 219 Å². The van der Waals surface area contributed by atoms with Gasteiger partial charge in [0.2, 0.25) is 0 Å². The molecule has 4 aromatic rings. The maximum Gasteiger partial charge on any atom is 0.295 e. The van der Waals surface area contributed by atoms with Gasteiger partial charge in [0.1, 0.15) is 17.6 Å². The lowest BCUT2D eigenvalue weighted by atomic mass is 9.98. The summed E-state index contributed by atoms with van der Waals surface area (Å²) >= 11 is 0. The summed E-state index contributed by atoms with van der Waals surface area (Å²) in [6, 6.07) is 15.0. The Morgan fingerprint density at radius 1 is 1.00 bits per heavy atom. The lowest BCUT2D eigenvalue weighted by Gasteiger charge is -2.24. The van der Waals surface area contributed by atoms with E-state index < -0.39 is 17.7 Å².